The van der Waals surface area contributed by atoms with E-state index >= 15 is 0 Å². The zero-order valence-corrected chi connectivity index (χ0v) is 12.9. The second kappa shape index (κ2) is 6.21. The van der Waals surface area contributed by atoms with E-state index in [1.165, 1.54) is 12.1 Å². The standard InChI is InChI=1S/C10H14BrClN2O3S/c1-2-14(3-4-15)18(16,17)9-6-7(12)5-8(13)10(9)11/h5-6,15H,2-4,13H2,1H3. The number of anilines is 1. The first kappa shape index (κ1) is 15.7. The molecule has 0 aliphatic rings. The molecule has 0 aromatic heterocycles. The predicted molar refractivity (Wildman–Crippen MR) is 75.1 cm³/mol. The van der Waals surface area contributed by atoms with Crippen molar-refractivity contribution in [1.29, 1.82) is 0 Å². The molecule has 0 radical (unpaired) electrons. The number of aliphatic hydroxyl groups is 1. The second-order valence-electron chi connectivity index (χ2n) is 3.53. The van der Waals surface area contributed by atoms with Gasteiger partial charge >= 0.3 is 0 Å². The monoisotopic (exact) mass is 356 g/mol. The van der Waals surface area contributed by atoms with Gasteiger partial charge in [-0.2, -0.15) is 4.31 Å². The second-order valence-corrected chi connectivity index (χ2v) is 6.66. The van der Waals surface area contributed by atoms with Gasteiger partial charge in [-0.15, -0.1) is 0 Å². The van der Waals surface area contributed by atoms with Crippen LogP contribution in [0.2, 0.25) is 5.02 Å². The Morgan fingerprint density at radius 3 is 2.61 bits per heavy atom. The summed E-state index contributed by atoms with van der Waals surface area (Å²) >= 11 is 8.97. The van der Waals surface area contributed by atoms with Crippen LogP contribution in [-0.4, -0.2) is 37.5 Å². The maximum absolute atomic E-state index is 12.3. The molecule has 18 heavy (non-hydrogen) atoms. The summed E-state index contributed by atoms with van der Waals surface area (Å²) in [6.45, 7) is 1.72. The average molecular weight is 358 g/mol. The lowest BCUT2D eigenvalue weighted by atomic mass is 10.3. The van der Waals surface area contributed by atoms with Crippen molar-refractivity contribution in [2.45, 2.75) is 11.8 Å². The number of halogens is 2. The number of hydrogen-bond donors (Lipinski definition) is 2. The van der Waals surface area contributed by atoms with E-state index < -0.39 is 10.0 Å². The molecule has 0 fully saturated rings. The van der Waals surface area contributed by atoms with E-state index in [0.717, 1.165) is 4.31 Å². The molecule has 1 aromatic carbocycles. The van der Waals surface area contributed by atoms with Crippen LogP contribution in [0.4, 0.5) is 5.69 Å². The third kappa shape index (κ3) is 3.16. The van der Waals surface area contributed by atoms with Crippen LogP contribution >= 0.6 is 27.5 Å². The van der Waals surface area contributed by atoms with Crippen molar-refractivity contribution in [1.82, 2.24) is 4.31 Å². The molecule has 0 bridgehead atoms. The van der Waals surface area contributed by atoms with Gasteiger partial charge in [-0.25, -0.2) is 8.42 Å². The highest BCUT2D eigenvalue weighted by atomic mass is 79.9. The van der Waals surface area contributed by atoms with E-state index in [4.69, 9.17) is 22.4 Å². The number of sulfonamides is 1. The number of rotatable bonds is 5. The minimum atomic E-state index is -3.73. The van der Waals surface area contributed by atoms with Crippen molar-refractivity contribution in [3.63, 3.8) is 0 Å². The van der Waals surface area contributed by atoms with E-state index in [1.54, 1.807) is 6.92 Å². The molecule has 102 valence electrons. The lowest BCUT2D eigenvalue weighted by Gasteiger charge is -2.20. The Kier molecular flexibility index (Phi) is 5.42. The van der Waals surface area contributed by atoms with Crippen LogP contribution in [0.5, 0.6) is 0 Å². The molecule has 0 atom stereocenters. The van der Waals surface area contributed by atoms with Gasteiger partial charge in [-0.3, -0.25) is 0 Å². The number of benzene rings is 1. The molecule has 0 spiro atoms. The van der Waals surface area contributed by atoms with Crippen LogP contribution in [0, 0.1) is 0 Å². The maximum atomic E-state index is 12.3. The smallest absolute Gasteiger partial charge is 0.244 e. The molecule has 5 nitrogen and oxygen atoms in total. The molecule has 0 aliphatic heterocycles. The summed E-state index contributed by atoms with van der Waals surface area (Å²) in [7, 11) is -3.73. The molecule has 8 heteroatoms. The maximum Gasteiger partial charge on any atom is 0.244 e. The van der Waals surface area contributed by atoms with Gasteiger partial charge in [0.1, 0.15) is 0 Å². The lowest BCUT2D eigenvalue weighted by Crippen LogP contribution is -2.33. The van der Waals surface area contributed by atoms with Crippen LogP contribution in [0.25, 0.3) is 0 Å². The van der Waals surface area contributed by atoms with E-state index in [2.05, 4.69) is 15.9 Å². The topological polar surface area (TPSA) is 83.6 Å². The summed E-state index contributed by atoms with van der Waals surface area (Å²) in [5.41, 5.74) is 5.92. The van der Waals surface area contributed by atoms with Crippen molar-refractivity contribution in [3.05, 3.63) is 21.6 Å². The van der Waals surface area contributed by atoms with Crippen LogP contribution in [0.15, 0.2) is 21.5 Å². The summed E-state index contributed by atoms with van der Waals surface area (Å²) in [5, 5.41) is 9.13. The Balaban J connectivity index is 3.36. The summed E-state index contributed by atoms with van der Waals surface area (Å²) in [6, 6.07) is 2.80. The number of hydrogen-bond acceptors (Lipinski definition) is 4. The highest BCUT2D eigenvalue weighted by molar-refractivity contribution is 9.10. The highest BCUT2D eigenvalue weighted by Crippen LogP contribution is 2.33. The summed E-state index contributed by atoms with van der Waals surface area (Å²) < 4.78 is 26.1. The van der Waals surface area contributed by atoms with Crippen molar-refractivity contribution in [3.8, 4) is 0 Å². The Hall–Kier alpha value is -0.340. The average Bonchev–Trinajstić information content (AvgIpc) is 2.30. The van der Waals surface area contributed by atoms with Crippen molar-refractivity contribution in [2.75, 3.05) is 25.4 Å². The van der Waals surface area contributed by atoms with Gasteiger partial charge in [0.25, 0.3) is 0 Å². The lowest BCUT2D eigenvalue weighted by molar-refractivity contribution is 0.257. The molecule has 0 aliphatic carbocycles. The van der Waals surface area contributed by atoms with Gasteiger partial charge in [-0.05, 0) is 28.1 Å². The Labute approximate surface area is 120 Å². The normalized spacial score (nSPS) is 12.1. The first-order valence-electron chi connectivity index (χ1n) is 5.20. The molecule has 0 unspecified atom stereocenters. The van der Waals surface area contributed by atoms with Crippen molar-refractivity contribution >= 4 is 43.2 Å². The summed E-state index contributed by atoms with van der Waals surface area (Å²) in [6.07, 6.45) is 0. The summed E-state index contributed by atoms with van der Waals surface area (Å²) in [4.78, 5) is 0.00259. The molecule has 1 aromatic rings. The van der Waals surface area contributed by atoms with E-state index in [0.29, 0.717) is 0 Å². The molecule has 0 amide bonds. The summed E-state index contributed by atoms with van der Waals surface area (Å²) in [5.74, 6) is 0. The number of aliphatic hydroxyl groups excluding tert-OH is 1. The quantitative estimate of drug-likeness (QED) is 0.786. The first-order valence-corrected chi connectivity index (χ1v) is 7.81. The fourth-order valence-corrected chi connectivity index (χ4v) is 4.17. The minimum Gasteiger partial charge on any atom is -0.398 e. The number of nitrogens with zero attached hydrogens (tertiary/aromatic N) is 1. The first-order chi connectivity index (χ1) is 8.34. The van der Waals surface area contributed by atoms with Gasteiger partial charge in [0.2, 0.25) is 10.0 Å². The van der Waals surface area contributed by atoms with Crippen molar-refractivity contribution < 1.29 is 13.5 Å². The Morgan fingerprint density at radius 2 is 2.11 bits per heavy atom. The van der Waals surface area contributed by atoms with Crippen molar-refractivity contribution in [2.24, 2.45) is 0 Å². The molecular weight excluding hydrogens is 344 g/mol. The van der Waals surface area contributed by atoms with E-state index in [1.807, 2.05) is 0 Å². The minimum absolute atomic E-state index is 0.00259. The van der Waals surface area contributed by atoms with Gasteiger partial charge < -0.3 is 10.8 Å². The predicted octanol–water partition coefficient (Wildman–Crippen LogP) is 1.69. The largest absolute Gasteiger partial charge is 0.398 e. The van der Waals surface area contributed by atoms with E-state index in [-0.39, 0.29) is 39.8 Å². The molecule has 0 saturated heterocycles. The molecule has 0 saturated carbocycles. The SMILES string of the molecule is CCN(CCO)S(=O)(=O)c1cc(Cl)cc(N)c1Br. The van der Waals surface area contributed by atoms with Gasteiger partial charge in [0.15, 0.2) is 0 Å². The van der Waals surface area contributed by atoms with Crippen LogP contribution in [-0.2, 0) is 10.0 Å². The van der Waals surface area contributed by atoms with Gasteiger partial charge in [0.05, 0.1) is 16.0 Å². The molecule has 1 rings (SSSR count). The zero-order valence-electron chi connectivity index (χ0n) is 9.73. The third-order valence-electron chi connectivity index (χ3n) is 2.35. The Bertz CT molecular complexity index is 536. The van der Waals surface area contributed by atoms with Crippen LogP contribution < -0.4 is 5.73 Å². The molecule has 0 heterocycles. The highest BCUT2D eigenvalue weighted by Gasteiger charge is 2.26. The number of nitrogens with two attached hydrogens (primary N) is 1. The van der Waals surface area contributed by atoms with Gasteiger partial charge in [0, 0.05) is 23.8 Å². The number of likely N-dealkylation sites (N-methyl/N-ethyl adjacent to an activating group) is 1. The zero-order chi connectivity index (χ0) is 13.9. The molecular formula is C10H14BrClN2O3S. The third-order valence-corrected chi connectivity index (χ3v) is 5.72. The fraction of sp³-hybridized carbons (Fsp3) is 0.400. The fourth-order valence-electron chi connectivity index (χ4n) is 1.47. The van der Waals surface area contributed by atoms with Crippen LogP contribution in [0.1, 0.15) is 6.92 Å². The van der Waals surface area contributed by atoms with Crippen LogP contribution in [0.3, 0.4) is 0 Å². The van der Waals surface area contributed by atoms with Gasteiger partial charge in [-0.1, -0.05) is 18.5 Å². The number of nitrogen functional groups attached to an aromatic ring is 1. The van der Waals surface area contributed by atoms with E-state index in [9.17, 15) is 8.42 Å². The Morgan fingerprint density at radius 1 is 1.50 bits per heavy atom. The molecule has 3 N–H and O–H groups in total.